The topological polar surface area (TPSA) is 30.5 Å². The second-order valence-corrected chi connectivity index (χ2v) is 4.37. The normalized spacial score (nSPS) is 13.2. The summed E-state index contributed by atoms with van der Waals surface area (Å²) in [6.45, 7) is 3.18. The first kappa shape index (κ1) is 16.8. The molecule has 6 heteroatoms. The minimum atomic E-state index is -4.69. The molecule has 0 aliphatic heterocycles. The Kier molecular flexibility index (Phi) is 6.81. The van der Waals surface area contributed by atoms with Crippen molar-refractivity contribution in [1.82, 2.24) is 5.32 Å². The van der Waals surface area contributed by atoms with Crippen LogP contribution in [-0.2, 0) is 4.74 Å². The fraction of sp³-hybridized carbons (Fsp3) is 0.571. The van der Waals surface area contributed by atoms with E-state index in [1.54, 1.807) is 19.2 Å². The van der Waals surface area contributed by atoms with Crippen LogP contribution in [0.25, 0.3) is 0 Å². The fourth-order valence-electron chi connectivity index (χ4n) is 1.91. The summed E-state index contributed by atoms with van der Waals surface area (Å²) >= 11 is 0. The maximum atomic E-state index is 12.4. The summed E-state index contributed by atoms with van der Waals surface area (Å²) in [5, 5.41) is 3.22. The molecular formula is C14H20F3NO2. The maximum absolute atomic E-state index is 12.4. The van der Waals surface area contributed by atoms with Crippen LogP contribution >= 0.6 is 0 Å². The van der Waals surface area contributed by atoms with E-state index in [1.807, 2.05) is 6.92 Å². The molecule has 0 aliphatic rings. The first-order valence-electron chi connectivity index (χ1n) is 6.55. The third kappa shape index (κ3) is 5.79. The zero-order valence-corrected chi connectivity index (χ0v) is 11.7. The van der Waals surface area contributed by atoms with Gasteiger partial charge in [-0.25, -0.2) is 0 Å². The van der Waals surface area contributed by atoms with Gasteiger partial charge < -0.3 is 14.8 Å². The molecule has 0 heterocycles. The van der Waals surface area contributed by atoms with Crippen LogP contribution in [0.15, 0.2) is 24.3 Å². The van der Waals surface area contributed by atoms with Gasteiger partial charge in [-0.1, -0.05) is 25.1 Å². The van der Waals surface area contributed by atoms with Crippen molar-refractivity contribution in [2.45, 2.75) is 32.2 Å². The molecule has 114 valence electrons. The summed E-state index contributed by atoms with van der Waals surface area (Å²) in [6.07, 6.45) is -3.22. The summed E-state index contributed by atoms with van der Waals surface area (Å²) in [6, 6.07) is 5.97. The molecule has 0 bridgehead atoms. The number of hydrogen-bond acceptors (Lipinski definition) is 3. The first-order chi connectivity index (χ1) is 9.48. The molecule has 20 heavy (non-hydrogen) atoms. The Morgan fingerprint density at radius 3 is 2.55 bits per heavy atom. The first-order valence-corrected chi connectivity index (χ1v) is 6.55. The summed E-state index contributed by atoms with van der Waals surface area (Å²) in [5.74, 6) is -0.162. The van der Waals surface area contributed by atoms with E-state index >= 15 is 0 Å². The summed E-state index contributed by atoms with van der Waals surface area (Å²) in [5.41, 5.74) is 0.496. The Hall–Kier alpha value is -1.27. The number of ether oxygens (including phenoxy) is 2. The van der Waals surface area contributed by atoms with Gasteiger partial charge in [0.1, 0.15) is 5.75 Å². The zero-order valence-electron chi connectivity index (χ0n) is 11.7. The van der Waals surface area contributed by atoms with Crippen molar-refractivity contribution in [3.8, 4) is 5.75 Å². The van der Waals surface area contributed by atoms with Crippen LogP contribution in [0, 0.1) is 0 Å². The van der Waals surface area contributed by atoms with Crippen molar-refractivity contribution < 1.29 is 22.6 Å². The van der Waals surface area contributed by atoms with Crippen LogP contribution in [0.5, 0.6) is 5.75 Å². The lowest BCUT2D eigenvalue weighted by Crippen LogP contribution is -2.25. The highest BCUT2D eigenvalue weighted by Gasteiger charge is 2.32. The monoisotopic (exact) mass is 291 g/mol. The third-order valence-electron chi connectivity index (χ3n) is 2.77. The van der Waals surface area contributed by atoms with E-state index in [9.17, 15) is 13.2 Å². The van der Waals surface area contributed by atoms with Gasteiger partial charge in [-0.15, -0.1) is 13.2 Å². The van der Waals surface area contributed by atoms with Crippen LogP contribution in [0.4, 0.5) is 13.2 Å². The Morgan fingerprint density at radius 2 is 1.95 bits per heavy atom. The third-order valence-corrected chi connectivity index (χ3v) is 2.77. The number of alkyl halides is 3. The molecule has 0 aliphatic carbocycles. The number of benzene rings is 1. The predicted molar refractivity (Wildman–Crippen MR) is 70.7 cm³/mol. The average Bonchev–Trinajstić information content (AvgIpc) is 2.38. The molecule has 1 rings (SSSR count). The minimum absolute atomic E-state index is 0.162. The SMILES string of the molecule is CCCNC(CCOC)c1ccccc1OC(F)(F)F. The summed E-state index contributed by atoms with van der Waals surface area (Å²) < 4.78 is 46.4. The van der Waals surface area contributed by atoms with Gasteiger partial charge in [-0.2, -0.15) is 0 Å². The molecule has 1 aromatic rings. The molecule has 3 nitrogen and oxygen atoms in total. The van der Waals surface area contributed by atoms with Gasteiger partial charge in [0.15, 0.2) is 0 Å². The van der Waals surface area contributed by atoms with Gasteiger partial charge >= 0.3 is 6.36 Å². The van der Waals surface area contributed by atoms with Gasteiger partial charge in [0, 0.05) is 25.3 Å². The molecule has 1 unspecified atom stereocenters. The van der Waals surface area contributed by atoms with Gasteiger partial charge in [0.25, 0.3) is 0 Å². The molecule has 0 radical (unpaired) electrons. The van der Waals surface area contributed by atoms with Crippen LogP contribution in [0.2, 0.25) is 0 Å². The molecule has 0 fully saturated rings. The van der Waals surface area contributed by atoms with Gasteiger partial charge in [-0.05, 0) is 25.5 Å². The lowest BCUT2D eigenvalue weighted by Gasteiger charge is -2.22. The van der Waals surface area contributed by atoms with Crippen LogP contribution in [0.1, 0.15) is 31.4 Å². The second-order valence-electron chi connectivity index (χ2n) is 4.37. The number of para-hydroxylation sites is 1. The predicted octanol–water partition coefficient (Wildman–Crippen LogP) is 3.66. The Labute approximate surface area is 117 Å². The van der Waals surface area contributed by atoms with E-state index in [-0.39, 0.29) is 11.8 Å². The molecule has 0 saturated heterocycles. The summed E-state index contributed by atoms with van der Waals surface area (Å²) in [7, 11) is 1.56. The standard InChI is InChI=1S/C14H20F3NO2/c1-3-9-18-12(8-10-19-2)11-6-4-5-7-13(11)20-14(15,16)17/h4-7,12,18H,3,8-10H2,1-2H3. The van der Waals surface area contributed by atoms with Crippen LogP contribution in [-0.4, -0.2) is 26.6 Å². The average molecular weight is 291 g/mol. The highest BCUT2D eigenvalue weighted by Crippen LogP contribution is 2.31. The van der Waals surface area contributed by atoms with Gasteiger partial charge in [-0.3, -0.25) is 0 Å². The number of rotatable bonds is 8. The molecular weight excluding hydrogens is 271 g/mol. The van der Waals surface area contributed by atoms with Crippen molar-refractivity contribution in [2.75, 3.05) is 20.3 Å². The van der Waals surface area contributed by atoms with E-state index in [2.05, 4.69) is 10.1 Å². The quantitative estimate of drug-likeness (QED) is 0.793. The second kappa shape index (κ2) is 8.11. The minimum Gasteiger partial charge on any atom is -0.405 e. The van der Waals surface area contributed by atoms with E-state index < -0.39 is 6.36 Å². The van der Waals surface area contributed by atoms with Crippen LogP contribution in [0.3, 0.4) is 0 Å². The van der Waals surface area contributed by atoms with E-state index in [1.165, 1.54) is 12.1 Å². The highest BCUT2D eigenvalue weighted by molar-refractivity contribution is 5.36. The van der Waals surface area contributed by atoms with E-state index in [4.69, 9.17) is 4.74 Å². The highest BCUT2D eigenvalue weighted by atomic mass is 19.4. The van der Waals surface area contributed by atoms with Crippen molar-refractivity contribution in [2.24, 2.45) is 0 Å². The summed E-state index contributed by atoms with van der Waals surface area (Å²) in [4.78, 5) is 0. The largest absolute Gasteiger partial charge is 0.573 e. The molecule has 0 saturated carbocycles. The Morgan fingerprint density at radius 1 is 1.25 bits per heavy atom. The lowest BCUT2D eigenvalue weighted by molar-refractivity contribution is -0.275. The molecule has 0 aromatic heterocycles. The van der Waals surface area contributed by atoms with Crippen molar-refractivity contribution in [3.05, 3.63) is 29.8 Å². The number of nitrogens with one attached hydrogen (secondary N) is 1. The molecule has 0 amide bonds. The smallest absolute Gasteiger partial charge is 0.405 e. The van der Waals surface area contributed by atoms with Gasteiger partial charge in [0.2, 0.25) is 0 Å². The molecule has 1 aromatic carbocycles. The Bertz CT molecular complexity index is 388. The molecule has 0 spiro atoms. The van der Waals surface area contributed by atoms with Crippen molar-refractivity contribution >= 4 is 0 Å². The van der Waals surface area contributed by atoms with Crippen molar-refractivity contribution in [1.29, 1.82) is 0 Å². The Balaban J connectivity index is 2.92. The maximum Gasteiger partial charge on any atom is 0.573 e. The molecule has 1 atom stereocenters. The number of halogens is 3. The number of hydrogen-bond donors (Lipinski definition) is 1. The molecule has 1 N–H and O–H groups in total. The lowest BCUT2D eigenvalue weighted by atomic mass is 10.0. The van der Waals surface area contributed by atoms with E-state index in [0.717, 1.165) is 6.42 Å². The van der Waals surface area contributed by atoms with Gasteiger partial charge in [0.05, 0.1) is 0 Å². The zero-order chi connectivity index (χ0) is 15.0. The number of methoxy groups -OCH3 is 1. The fourth-order valence-corrected chi connectivity index (χ4v) is 1.91. The van der Waals surface area contributed by atoms with Crippen molar-refractivity contribution in [3.63, 3.8) is 0 Å². The van der Waals surface area contributed by atoms with E-state index in [0.29, 0.717) is 25.1 Å². The van der Waals surface area contributed by atoms with Crippen LogP contribution < -0.4 is 10.1 Å².